The zero-order chi connectivity index (χ0) is 12.5. The Balaban J connectivity index is 1.93. The summed E-state index contributed by atoms with van der Waals surface area (Å²) in [4.78, 5) is 21.2. The smallest absolute Gasteiger partial charge is 0.396 e. The summed E-state index contributed by atoms with van der Waals surface area (Å²) in [5, 5.41) is 22.0. The van der Waals surface area contributed by atoms with E-state index < -0.39 is 16.7 Å². The lowest BCUT2D eigenvalue weighted by molar-refractivity contribution is -0.402. The van der Waals surface area contributed by atoms with E-state index in [4.69, 9.17) is 9.52 Å². The van der Waals surface area contributed by atoms with E-state index in [1.807, 2.05) is 0 Å². The van der Waals surface area contributed by atoms with E-state index in [9.17, 15) is 14.9 Å². The van der Waals surface area contributed by atoms with Crippen molar-refractivity contribution in [2.45, 2.75) is 12.8 Å². The van der Waals surface area contributed by atoms with Crippen LogP contribution in [0.4, 0.5) is 5.88 Å². The maximum absolute atomic E-state index is 11.6. The van der Waals surface area contributed by atoms with Crippen LogP contribution in [0.5, 0.6) is 0 Å². The summed E-state index contributed by atoms with van der Waals surface area (Å²) >= 11 is 0. The normalized spacial score (nSPS) is 16.5. The standard InChI is InChI=1S/C10H12N2O5/c13-6-10(3-4-10)5-11-9(14)7-1-2-8(17-7)12(15)16/h1-2,13H,3-6H2,(H,11,14). The Morgan fingerprint density at radius 2 is 2.29 bits per heavy atom. The fourth-order valence-corrected chi connectivity index (χ4v) is 1.47. The molecule has 0 saturated heterocycles. The summed E-state index contributed by atoms with van der Waals surface area (Å²) in [5.41, 5.74) is -0.200. The number of furan rings is 1. The van der Waals surface area contributed by atoms with Crippen LogP contribution in [0.1, 0.15) is 23.4 Å². The summed E-state index contributed by atoms with van der Waals surface area (Å²) in [6.45, 7) is 0.391. The van der Waals surface area contributed by atoms with Crippen LogP contribution in [0.3, 0.4) is 0 Å². The Morgan fingerprint density at radius 1 is 1.59 bits per heavy atom. The van der Waals surface area contributed by atoms with Gasteiger partial charge in [0, 0.05) is 12.0 Å². The van der Waals surface area contributed by atoms with Gasteiger partial charge in [-0.2, -0.15) is 0 Å². The van der Waals surface area contributed by atoms with Crippen molar-refractivity contribution in [1.29, 1.82) is 0 Å². The van der Waals surface area contributed by atoms with Crippen LogP contribution >= 0.6 is 0 Å². The fraction of sp³-hybridized carbons (Fsp3) is 0.500. The van der Waals surface area contributed by atoms with E-state index >= 15 is 0 Å². The minimum absolute atomic E-state index is 0.0333. The first kappa shape index (κ1) is 11.6. The molecule has 1 aromatic heterocycles. The molecule has 0 aromatic carbocycles. The van der Waals surface area contributed by atoms with Crippen molar-refractivity contribution >= 4 is 11.8 Å². The average Bonchev–Trinajstić information content (AvgIpc) is 2.92. The van der Waals surface area contributed by atoms with Crippen molar-refractivity contribution in [2.75, 3.05) is 13.2 Å². The quantitative estimate of drug-likeness (QED) is 0.581. The third kappa shape index (κ3) is 2.44. The minimum Gasteiger partial charge on any atom is -0.396 e. The van der Waals surface area contributed by atoms with Gasteiger partial charge in [-0.15, -0.1) is 0 Å². The zero-order valence-electron chi connectivity index (χ0n) is 9.01. The molecule has 0 radical (unpaired) electrons. The topological polar surface area (TPSA) is 106 Å². The number of nitro groups is 1. The second-order valence-corrected chi connectivity index (χ2v) is 4.24. The number of aliphatic hydroxyl groups is 1. The van der Waals surface area contributed by atoms with Gasteiger partial charge in [0.15, 0.2) is 5.76 Å². The van der Waals surface area contributed by atoms with Gasteiger partial charge >= 0.3 is 5.88 Å². The molecule has 92 valence electrons. The highest BCUT2D eigenvalue weighted by Gasteiger charge is 2.42. The molecular weight excluding hydrogens is 228 g/mol. The Hall–Kier alpha value is -1.89. The highest BCUT2D eigenvalue weighted by molar-refractivity contribution is 5.91. The van der Waals surface area contributed by atoms with Crippen LogP contribution in [-0.4, -0.2) is 29.1 Å². The molecule has 2 N–H and O–H groups in total. The fourth-order valence-electron chi connectivity index (χ4n) is 1.47. The maximum atomic E-state index is 11.6. The van der Waals surface area contributed by atoms with Crippen LogP contribution in [0.2, 0.25) is 0 Å². The molecular formula is C10H12N2O5. The maximum Gasteiger partial charge on any atom is 0.433 e. The largest absolute Gasteiger partial charge is 0.433 e. The number of hydrogen-bond acceptors (Lipinski definition) is 5. The Bertz CT molecular complexity index is 449. The van der Waals surface area contributed by atoms with Crippen molar-refractivity contribution < 1.29 is 19.2 Å². The predicted octanol–water partition coefficient (Wildman–Crippen LogP) is 0.690. The Labute approximate surface area is 96.6 Å². The van der Waals surface area contributed by atoms with Gasteiger partial charge in [0.25, 0.3) is 5.91 Å². The molecule has 1 heterocycles. The molecule has 0 bridgehead atoms. The van der Waals surface area contributed by atoms with Crippen LogP contribution < -0.4 is 5.32 Å². The highest BCUT2D eigenvalue weighted by atomic mass is 16.6. The zero-order valence-corrected chi connectivity index (χ0v) is 9.01. The summed E-state index contributed by atoms with van der Waals surface area (Å²) in [7, 11) is 0. The van der Waals surface area contributed by atoms with Crippen LogP contribution in [0.15, 0.2) is 16.5 Å². The Morgan fingerprint density at radius 3 is 2.76 bits per heavy atom. The lowest BCUT2D eigenvalue weighted by Gasteiger charge is -2.11. The summed E-state index contributed by atoms with van der Waals surface area (Å²) in [6, 6.07) is 2.39. The molecule has 0 unspecified atom stereocenters. The number of carbonyl (C=O) groups is 1. The number of nitrogens with zero attached hydrogens (tertiary/aromatic N) is 1. The van der Waals surface area contributed by atoms with Crippen molar-refractivity contribution in [1.82, 2.24) is 5.32 Å². The van der Waals surface area contributed by atoms with Gasteiger partial charge in [-0.3, -0.25) is 14.9 Å². The van der Waals surface area contributed by atoms with Gasteiger partial charge in [0.2, 0.25) is 0 Å². The molecule has 1 aliphatic carbocycles. The molecule has 2 rings (SSSR count). The van der Waals surface area contributed by atoms with Gasteiger partial charge < -0.3 is 14.8 Å². The first-order valence-electron chi connectivity index (χ1n) is 5.20. The number of rotatable bonds is 5. The molecule has 0 aliphatic heterocycles. The molecule has 1 aromatic rings. The molecule has 1 saturated carbocycles. The number of amides is 1. The molecule has 0 atom stereocenters. The van der Waals surface area contributed by atoms with E-state index in [2.05, 4.69) is 5.32 Å². The van der Waals surface area contributed by atoms with Crippen molar-refractivity contribution in [3.63, 3.8) is 0 Å². The second kappa shape index (κ2) is 4.17. The van der Waals surface area contributed by atoms with Gasteiger partial charge in [0.1, 0.15) is 4.92 Å². The van der Waals surface area contributed by atoms with Crippen LogP contribution in [0, 0.1) is 15.5 Å². The van der Waals surface area contributed by atoms with Crippen molar-refractivity contribution in [3.05, 3.63) is 28.0 Å². The van der Waals surface area contributed by atoms with Crippen LogP contribution in [0.25, 0.3) is 0 Å². The van der Waals surface area contributed by atoms with Crippen LogP contribution in [-0.2, 0) is 0 Å². The molecule has 1 aliphatic rings. The third-order valence-corrected chi connectivity index (χ3v) is 2.91. The molecule has 17 heavy (non-hydrogen) atoms. The number of nitrogens with one attached hydrogen (secondary N) is 1. The Kier molecular flexibility index (Phi) is 2.84. The SMILES string of the molecule is O=C(NCC1(CO)CC1)c1ccc([N+](=O)[O-])o1. The molecule has 1 amide bonds. The van der Waals surface area contributed by atoms with E-state index in [1.165, 1.54) is 6.07 Å². The highest BCUT2D eigenvalue weighted by Crippen LogP contribution is 2.44. The number of aliphatic hydroxyl groups excluding tert-OH is 1. The van der Waals surface area contributed by atoms with E-state index in [0.717, 1.165) is 18.9 Å². The van der Waals surface area contributed by atoms with E-state index in [-0.39, 0.29) is 17.8 Å². The van der Waals surface area contributed by atoms with Crippen molar-refractivity contribution in [2.24, 2.45) is 5.41 Å². The second-order valence-electron chi connectivity index (χ2n) is 4.24. The van der Waals surface area contributed by atoms with Crippen molar-refractivity contribution in [3.8, 4) is 0 Å². The van der Waals surface area contributed by atoms with Gasteiger partial charge in [-0.1, -0.05) is 0 Å². The first-order valence-corrected chi connectivity index (χ1v) is 5.20. The third-order valence-electron chi connectivity index (χ3n) is 2.91. The monoisotopic (exact) mass is 240 g/mol. The van der Waals surface area contributed by atoms with Gasteiger partial charge in [0.05, 0.1) is 12.7 Å². The molecule has 1 fully saturated rings. The molecule has 7 nitrogen and oxygen atoms in total. The predicted molar refractivity (Wildman–Crippen MR) is 56.4 cm³/mol. The average molecular weight is 240 g/mol. The number of hydrogen-bond donors (Lipinski definition) is 2. The lowest BCUT2D eigenvalue weighted by Crippen LogP contribution is -2.31. The first-order chi connectivity index (χ1) is 8.06. The minimum atomic E-state index is -0.702. The summed E-state index contributed by atoms with van der Waals surface area (Å²) in [5.74, 6) is -1.05. The van der Waals surface area contributed by atoms with Gasteiger partial charge in [-0.05, 0) is 18.9 Å². The summed E-state index contributed by atoms with van der Waals surface area (Å²) < 4.78 is 4.75. The lowest BCUT2D eigenvalue weighted by atomic mass is 10.1. The van der Waals surface area contributed by atoms with E-state index in [0.29, 0.717) is 6.54 Å². The van der Waals surface area contributed by atoms with Gasteiger partial charge in [-0.25, -0.2) is 0 Å². The number of carbonyl (C=O) groups excluding carboxylic acids is 1. The summed E-state index contributed by atoms with van der Waals surface area (Å²) in [6.07, 6.45) is 1.75. The molecule has 0 spiro atoms. The van der Waals surface area contributed by atoms with E-state index in [1.54, 1.807) is 0 Å². The molecule has 7 heteroatoms.